The number of Topliss-reactive ketones (excluding diaryl/α,β-unsaturated/α-hetero) is 1. The number of pyridine rings is 1. The maximum Gasteiger partial charge on any atom is 0.339 e. The van der Waals surface area contributed by atoms with E-state index in [-0.39, 0.29) is 35.0 Å². The van der Waals surface area contributed by atoms with Gasteiger partial charge in [-0.25, -0.2) is 9.78 Å². The monoisotopic (exact) mass is 640 g/mol. The fourth-order valence-electron chi connectivity index (χ4n) is 6.04. The zero-order chi connectivity index (χ0) is 30.2. The molecule has 2 fully saturated rings. The molecule has 2 amide bonds. The summed E-state index contributed by atoms with van der Waals surface area (Å²) in [5.41, 5.74) is 3.89. The number of rotatable bonds is 7. The third kappa shape index (κ3) is 5.45. The maximum atomic E-state index is 13.4. The number of hydrogen-bond donors (Lipinski definition) is 0. The zero-order valence-corrected chi connectivity index (χ0v) is 25.3. The highest BCUT2D eigenvalue weighted by Crippen LogP contribution is 2.40. The van der Waals surface area contributed by atoms with Gasteiger partial charge in [-0.1, -0.05) is 40.9 Å². The number of aryl methyl sites for hydroxylation is 1. The van der Waals surface area contributed by atoms with Crippen molar-refractivity contribution < 1.29 is 28.7 Å². The van der Waals surface area contributed by atoms with Gasteiger partial charge in [-0.05, 0) is 79.9 Å². The number of ether oxygens (including phenoxy) is 2. The third-order valence-electron chi connectivity index (χ3n) is 8.30. The molecule has 0 N–H and O–H groups in total. The van der Waals surface area contributed by atoms with Crippen LogP contribution in [-0.4, -0.2) is 42.3 Å². The van der Waals surface area contributed by atoms with Crippen LogP contribution in [-0.2, 0) is 14.3 Å². The predicted octanol–water partition coefficient (Wildman–Crippen LogP) is 6.70. The topological polar surface area (TPSA) is 103 Å². The Bertz CT molecular complexity index is 1740. The highest BCUT2D eigenvalue weighted by molar-refractivity contribution is 9.10. The number of esters is 1. The summed E-state index contributed by atoms with van der Waals surface area (Å²) >= 11 is 3.50. The second-order valence-corrected chi connectivity index (χ2v) is 11.9. The molecule has 0 bridgehead atoms. The molecule has 0 spiro atoms. The van der Waals surface area contributed by atoms with Gasteiger partial charge in [0.25, 0.3) is 0 Å². The first kappa shape index (κ1) is 28.7. The Labute approximate surface area is 257 Å². The number of fused-ring (bicyclic) bond motifs is 2. The van der Waals surface area contributed by atoms with Gasteiger partial charge in [-0.2, -0.15) is 0 Å². The molecular weight excluding hydrogens is 612 g/mol. The highest BCUT2D eigenvalue weighted by atomic mass is 79.9. The van der Waals surface area contributed by atoms with Gasteiger partial charge in [-0.15, -0.1) is 0 Å². The molecule has 1 aromatic heterocycles. The summed E-state index contributed by atoms with van der Waals surface area (Å²) in [6, 6.07) is 19.0. The lowest BCUT2D eigenvalue weighted by molar-refractivity contribution is -0.122. The molecule has 8 nitrogen and oxygen atoms in total. The van der Waals surface area contributed by atoms with Crippen molar-refractivity contribution in [3.8, 4) is 17.0 Å². The number of imide groups is 1. The summed E-state index contributed by atoms with van der Waals surface area (Å²) in [6.07, 6.45) is 3.45. The molecule has 9 heteroatoms. The first-order chi connectivity index (χ1) is 20.7. The lowest BCUT2D eigenvalue weighted by Gasteiger charge is -2.19. The van der Waals surface area contributed by atoms with Crippen molar-refractivity contribution in [2.24, 2.45) is 11.8 Å². The van der Waals surface area contributed by atoms with E-state index in [0.717, 1.165) is 35.7 Å². The molecule has 43 heavy (non-hydrogen) atoms. The summed E-state index contributed by atoms with van der Waals surface area (Å²) in [6.45, 7) is 1.48. The van der Waals surface area contributed by atoms with E-state index < -0.39 is 12.6 Å². The lowest BCUT2D eigenvalue weighted by atomic mass is 9.81. The molecule has 218 valence electrons. The van der Waals surface area contributed by atoms with Gasteiger partial charge in [0.15, 0.2) is 12.4 Å². The van der Waals surface area contributed by atoms with Crippen LogP contribution in [0.4, 0.5) is 5.69 Å². The molecule has 1 aliphatic heterocycles. The first-order valence-corrected chi connectivity index (χ1v) is 15.0. The van der Waals surface area contributed by atoms with Crippen LogP contribution in [0.5, 0.6) is 5.75 Å². The SMILES string of the molecule is COc1ccc(C(=O)COC(=O)c2cc(-c3ccc(N4C(=O)C5CCCCC5C4=O)cc3)nc3c(C)cc(Br)cc23)cc1. The molecule has 2 heterocycles. The van der Waals surface area contributed by atoms with Gasteiger partial charge >= 0.3 is 5.97 Å². The number of amides is 2. The normalized spacial score (nSPS) is 18.1. The quantitative estimate of drug-likeness (QED) is 0.126. The van der Waals surface area contributed by atoms with Crippen molar-refractivity contribution in [1.29, 1.82) is 0 Å². The minimum atomic E-state index is -0.652. The van der Waals surface area contributed by atoms with E-state index >= 15 is 0 Å². The molecule has 6 rings (SSSR count). The molecule has 1 aliphatic carbocycles. The van der Waals surface area contributed by atoms with E-state index in [4.69, 9.17) is 14.5 Å². The molecule has 2 aliphatic rings. The van der Waals surface area contributed by atoms with Crippen LogP contribution in [0.25, 0.3) is 22.2 Å². The van der Waals surface area contributed by atoms with Crippen molar-refractivity contribution in [2.75, 3.05) is 18.6 Å². The summed E-state index contributed by atoms with van der Waals surface area (Å²) in [4.78, 5) is 58.4. The lowest BCUT2D eigenvalue weighted by Crippen LogP contribution is -2.30. The van der Waals surface area contributed by atoms with Gasteiger partial charge in [0, 0.05) is 21.0 Å². The fourth-order valence-corrected chi connectivity index (χ4v) is 6.61. The average Bonchev–Trinajstić information content (AvgIpc) is 3.28. The summed E-state index contributed by atoms with van der Waals surface area (Å²) < 4.78 is 11.4. The fraction of sp³-hybridized carbons (Fsp3) is 0.265. The second kappa shape index (κ2) is 11.7. The molecule has 1 saturated heterocycles. The van der Waals surface area contributed by atoms with Crippen LogP contribution >= 0.6 is 15.9 Å². The van der Waals surface area contributed by atoms with Crippen LogP contribution in [0.15, 0.2) is 71.2 Å². The number of carbonyl (C=O) groups excluding carboxylic acids is 4. The van der Waals surface area contributed by atoms with Gasteiger partial charge in [0.2, 0.25) is 11.8 Å². The number of anilines is 1. The zero-order valence-electron chi connectivity index (χ0n) is 23.8. The third-order valence-corrected chi connectivity index (χ3v) is 8.76. The Hall–Kier alpha value is -4.37. The molecule has 4 aromatic rings. The molecule has 2 unspecified atom stereocenters. The van der Waals surface area contributed by atoms with Gasteiger partial charge < -0.3 is 9.47 Å². The number of benzene rings is 3. The molecule has 0 radical (unpaired) electrons. The van der Waals surface area contributed by atoms with Gasteiger partial charge in [0.05, 0.1) is 41.4 Å². The summed E-state index contributed by atoms with van der Waals surface area (Å²) in [5, 5.41) is 0.588. The van der Waals surface area contributed by atoms with Crippen LogP contribution < -0.4 is 9.64 Å². The van der Waals surface area contributed by atoms with E-state index in [1.807, 2.05) is 13.0 Å². The second-order valence-electron chi connectivity index (χ2n) is 11.0. The number of nitrogens with zero attached hydrogens (tertiary/aromatic N) is 2. The van der Waals surface area contributed by atoms with Crippen LogP contribution in [0.1, 0.15) is 52.0 Å². The minimum absolute atomic E-state index is 0.123. The Balaban J connectivity index is 1.29. The predicted molar refractivity (Wildman–Crippen MR) is 165 cm³/mol. The smallest absolute Gasteiger partial charge is 0.339 e. The molecule has 2 atom stereocenters. The molecule has 1 saturated carbocycles. The number of ketones is 1. The largest absolute Gasteiger partial charge is 0.497 e. The van der Waals surface area contributed by atoms with E-state index in [9.17, 15) is 19.2 Å². The van der Waals surface area contributed by atoms with Crippen LogP contribution in [0.3, 0.4) is 0 Å². The van der Waals surface area contributed by atoms with E-state index in [0.29, 0.717) is 39.2 Å². The average molecular weight is 642 g/mol. The van der Waals surface area contributed by atoms with Gasteiger partial charge in [0.1, 0.15) is 5.75 Å². The van der Waals surface area contributed by atoms with E-state index in [1.54, 1.807) is 67.8 Å². The Morgan fingerprint density at radius 1 is 0.930 bits per heavy atom. The van der Waals surface area contributed by atoms with Crippen LogP contribution in [0.2, 0.25) is 0 Å². The van der Waals surface area contributed by atoms with Crippen LogP contribution in [0, 0.1) is 18.8 Å². The van der Waals surface area contributed by atoms with Crippen molar-refractivity contribution in [3.63, 3.8) is 0 Å². The Kier molecular flexibility index (Phi) is 7.83. The van der Waals surface area contributed by atoms with Crippen molar-refractivity contribution in [3.05, 3.63) is 87.9 Å². The minimum Gasteiger partial charge on any atom is -0.497 e. The van der Waals surface area contributed by atoms with Crippen molar-refractivity contribution in [2.45, 2.75) is 32.6 Å². The number of halogens is 1. The Morgan fingerprint density at radius 3 is 2.21 bits per heavy atom. The number of carbonyl (C=O) groups is 4. The number of hydrogen-bond acceptors (Lipinski definition) is 7. The Morgan fingerprint density at radius 2 is 1.58 bits per heavy atom. The maximum absolute atomic E-state index is 13.4. The molecular formula is C34H29BrN2O6. The van der Waals surface area contributed by atoms with Crippen molar-refractivity contribution in [1.82, 2.24) is 4.98 Å². The van der Waals surface area contributed by atoms with Gasteiger partial charge in [-0.3, -0.25) is 19.3 Å². The highest BCUT2D eigenvalue weighted by Gasteiger charge is 2.48. The standard InChI is InChI=1S/C34H29BrN2O6/c1-19-15-22(35)16-27-28(34(41)43-18-30(38)21-9-13-24(42-2)14-10-21)17-29(36-31(19)27)20-7-11-23(12-8-20)37-32(39)25-5-3-4-6-26(25)33(37)40/h7-17,25-26H,3-6,18H2,1-2H3. The number of aromatic nitrogens is 1. The first-order valence-electron chi connectivity index (χ1n) is 14.2. The number of methoxy groups -OCH3 is 1. The van der Waals surface area contributed by atoms with Crippen molar-refractivity contribution >= 4 is 56.1 Å². The summed E-state index contributed by atoms with van der Waals surface area (Å²) in [7, 11) is 1.54. The molecule has 3 aromatic carbocycles. The summed E-state index contributed by atoms with van der Waals surface area (Å²) in [5.74, 6) is -1.07. The van der Waals surface area contributed by atoms with E-state index in [2.05, 4.69) is 15.9 Å². The van der Waals surface area contributed by atoms with E-state index in [1.165, 1.54) is 4.90 Å².